The van der Waals surface area contributed by atoms with Gasteiger partial charge >= 0.3 is 0 Å². The Morgan fingerprint density at radius 2 is 1.88 bits per heavy atom. The van der Waals surface area contributed by atoms with E-state index in [-0.39, 0.29) is 5.91 Å². The van der Waals surface area contributed by atoms with E-state index in [2.05, 4.69) is 27.7 Å². The van der Waals surface area contributed by atoms with Crippen LogP contribution in [0.5, 0.6) is 0 Å². The number of carbonyl (C=O) groups is 1. The molecule has 1 heterocycles. The Labute approximate surface area is 102 Å². The van der Waals surface area contributed by atoms with Gasteiger partial charge in [0.15, 0.2) is 0 Å². The Hall–Kier alpha value is -1.49. The lowest BCUT2D eigenvalue weighted by atomic mass is 10.2. The van der Waals surface area contributed by atoms with Crippen molar-refractivity contribution in [1.29, 1.82) is 0 Å². The molecular weight excluding hydrogens is 216 g/mol. The summed E-state index contributed by atoms with van der Waals surface area (Å²) in [5, 5.41) is 0. The minimum Gasteiger partial charge on any atom is -0.287 e. The predicted octanol–water partition coefficient (Wildman–Crippen LogP) is 1.68. The summed E-state index contributed by atoms with van der Waals surface area (Å²) in [5.74, 6) is -0.195. The quantitative estimate of drug-likeness (QED) is 0.532. The van der Waals surface area contributed by atoms with Crippen LogP contribution in [0.3, 0.4) is 0 Å². The Bertz CT molecular complexity index is 316. The topological polar surface area (TPSA) is 66.9 Å². The van der Waals surface area contributed by atoms with E-state index in [0.29, 0.717) is 5.56 Å². The van der Waals surface area contributed by atoms with E-state index >= 15 is 0 Å². The number of carbonyl (C=O) groups excluding carboxylic acids is 1. The van der Waals surface area contributed by atoms with Gasteiger partial charge in [-0.1, -0.05) is 32.6 Å². The molecule has 0 aromatic carbocycles. The van der Waals surface area contributed by atoms with Crippen molar-refractivity contribution >= 4 is 5.91 Å². The van der Waals surface area contributed by atoms with Crippen LogP contribution in [0.25, 0.3) is 0 Å². The Balaban J connectivity index is 2.05. The maximum atomic E-state index is 11.5. The monoisotopic (exact) mass is 236 g/mol. The van der Waals surface area contributed by atoms with Gasteiger partial charge < -0.3 is 0 Å². The predicted molar refractivity (Wildman–Crippen MR) is 66.3 cm³/mol. The minimum atomic E-state index is -0.195. The van der Waals surface area contributed by atoms with Crippen molar-refractivity contribution in [3.63, 3.8) is 0 Å². The molecule has 1 rings (SSSR count). The molecule has 94 valence electrons. The number of hydrazine groups is 1. The highest BCUT2D eigenvalue weighted by Gasteiger charge is 2.03. The molecule has 0 spiro atoms. The van der Waals surface area contributed by atoms with Gasteiger partial charge in [-0.25, -0.2) is 15.4 Å². The second-order valence-corrected chi connectivity index (χ2v) is 3.92. The highest BCUT2D eigenvalue weighted by molar-refractivity contribution is 5.93. The summed E-state index contributed by atoms with van der Waals surface area (Å²) < 4.78 is 0. The molecule has 1 aromatic rings. The first-order chi connectivity index (χ1) is 8.34. The zero-order valence-electron chi connectivity index (χ0n) is 10.3. The first kappa shape index (κ1) is 13.6. The highest BCUT2D eigenvalue weighted by atomic mass is 16.2. The van der Waals surface area contributed by atoms with Crippen LogP contribution in [0.15, 0.2) is 18.7 Å². The highest BCUT2D eigenvalue weighted by Crippen LogP contribution is 2.00. The van der Waals surface area contributed by atoms with Crippen molar-refractivity contribution in [3.05, 3.63) is 24.3 Å². The molecule has 0 fully saturated rings. The fourth-order valence-electron chi connectivity index (χ4n) is 1.45. The lowest BCUT2D eigenvalue weighted by Crippen LogP contribution is -2.38. The van der Waals surface area contributed by atoms with E-state index in [1.165, 1.54) is 44.4 Å². The molecule has 0 unspecified atom stereocenters. The number of amides is 1. The van der Waals surface area contributed by atoms with Gasteiger partial charge in [0.05, 0.1) is 5.56 Å². The number of hydrogen-bond acceptors (Lipinski definition) is 4. The first-order valence-electron chi connectivity index (χ1n) is 6.12. The van der Waals surface area contributed by atoms with Crippen LogP contribution in [-0.4, -0.2) is 22.4 Å². The van der Waals surface area contributed by atoms with Crippen molar-refractivity contribution < 1.29 is 4.79 Å². The number of nitrogens with zero attached hydrogens (tertiary/aromatic N) is 2. The smallest absolute Gasteiger partial charge is 0.268 e. The number of unbranched alkanes of at least 4 members (excludes halogenated alkanes) is 4. The molecule has 0 radical (unpaired) electrons. The molecule has 17 heavy (non-hydrogen) atoms. The molecule has 0 saturated carbocycles. The van der Waals surface area contributed by atoms with Gasteiger partial charge in [0.1, 0.15) is 6.33 Å². The van der Waals surface area contributed by atoms with Crippen molar-refractivity contribution in [2.75, 3.05) is 6.54 Å². The zero-order valence-corrected chi connectivity index (χ0v) is 10.3. The van der Waals surface area contributed by atoms with Crippen molar-refractivity contribution in [2.24, 2.45) is 0 Å². The number of nitrogens with one attached hydrogen (secondary N) is 2. The average molecular weight is 236 g/mol. The van der Waals surface area contributed by atoms with Gasteiger partial charge in [-0.15, -0.1) is 0 Å². The van der Waals surface area contributed by atoms with Crippen LogP contribution in [0.2, 0.25) is 0 Å². The van der Waals surface area contributed by atoms with Crippen LogP contribution in [-0.2, 0) is 0 Å². The van der Waals surface area contributed by atoms with Gasteiger partial charge in [-0.2, -0.15) is 0 Å². The molecule has 0 bridgehead atoms. The van der Waals surface area contributed by atoms with Crippen LogP contribution in [0, 0.1) is 0 Å². The van der Waals surface area contributed by atoms with Gasteiger partial charge in [-0.05, 0) is 6.42 Å². The molecule has 1 amide bonds. The van der Waals surface area contributed by atoms with E-state index < -0.39 is 0 Å². The second-order valence-electron chi connectivity index (χ2n) is 3.92. The molecule has 0 aliphatic rings. The molecule has 1 aromatic heterocycles. The Kier molecular flexibility index (Phi) is 6.90. The van der Waals surface area contributed by atoms with E-state index in [1.54, 1.807) is 0 Å². The summed E-state index contributed by atoms with van der Waals surface area (Å²) in [6, 6.07) is 0. The van der Waals surface area contributed by atoms with E-state index in [9.17, 15) is 4.79 Å². The maximum absolute atomic E-state index is 11.5. The maximum Gasteiger partial charge on any atom is 0.268 e. The molecule has 0 saturated heterocycles. The van der Waals surface area contributed by atoms with Crippen molar-refractivity contribution in [1.82, 2.24) is 20.8 Å². The third-order valence-electron chi connectivity index (χ3n) is 2.43. The number of aromatic nitrogens is 2. The van der Waals surface area contributed by atoms with Gasteiger partial charge in [0, 0.05) is 18.9 Å². The van der Waals surface area contributed by atoms with Crippen LogP contribution >= 0.6 is 0 Å². The molecular formula is C12H20N4O. The third-order valence-corrected chi connectivity index (χ3v) is 2.43. The fourth-order valence-corrected chi connectivity index (χ4v) is 1.45. The van der Waals surface area contributed by atoms with E-state index in [0.717, 1.165) is 13.0 Å². The molecule has 0 atom stereocenters. The van der Waals surface area contributed by atoms with Gasteiger partial charge in [0.25, 0.3) is 5.91 Å². The summed E-state index contributed by atoms with van der Waals surface area (Å²) in [6.45, 7) is 2.99. The van der Waals surface area contributed by atoms with Gasteiger partial charge in [0.2, 0.25) is 0 Å². The second kappa shape index (κ2) is 8.64. The number of hydrogen-bond donors (Lipinski definition) is 2. The van der Waals surface area contributed by atoms with Gasteiger partial charge in [-0.3, -0.25) is 10.2 Å². The molecule has 5 nitrogen and oxygen atoms in total. The lowest BCUT2D eigenvalue weighted by Gasteiger charge is -2.06. The van der Waals surface area contributed by atoms with E-state index in [1.807, 2.05) is 0 Å². The molecule has 0 aliphatic heterocycles. The van der Waals surface area contributed by atoms with E-state index in [4.69, 9.17) is 0 Å². The average Bonchev–Trinajstić information content (AvgIpc) is 2.38. The molecule has 5 heteroatoms. The Morgan fingerprint density at radius 1 is 1.18 bits per heavy atom. The van der Waals surface area contributed by atoms with Crippen molar-refractivity contribution in [2.45, 2.75) is 39.0 Å². The first-order valence-corrected chi connectivity index (χ1v) is 6.12. The SMILES string of the molecule is CCCCCCCNNC(=O)c1cncnc1. The third kappa shape index (κ3) is 5.97. The lowest BCUT2D eigenvalue weighted by molar-refractivity contribution is 0.0932. The van der Waals surface area contributed by atoms with Crippen molar-refractivity contribution in [3.8, 4) is 0 Å². The summed E-state index contributed by atoms with van der Waals surface area (Å²) in [5.41, 5.74) is 5.99. The zero-order chi connectivity index (χ0) is 12.3. The summed E-state index contributed by atoms with van der Waals surface area (Å²) >= 11 is 0. The van der Waals surface area contributed by atoms with Crippen LogP contribution in [0.1, 0.15) is 49.4 Å². The fraction of sp³-hybridized carbons (Fsp3) is 0.583. The van der Waals surface area contributed by atoms with Crippen LogP contribution < -0.4 is 10.9 Å². The normalized spacial score (nSPS) is 10.2. The summed E-state index contributed by atoms with van der Waals surface area (Å²) in [6.07, 6.45) is 10.5. The summed E-state index contributed by atoms with van der Waals surface area (Å²) in [4.78, 5) is 19.1. The minimum absolute atomic E-state index is 0.195. The molecule has 2 N–H and O–H groups in total. The van der Waals surface area contributed by atoms with Crippen LogP contribution in [0.4, 0.5) is 0 Å². The standard InChI is InChI=1S/C12H20N4O/c1-2-3-4-5-6-7-15-16-12(17)11-8-13-10-14-9-11/h8-10,15H,2-7H2,1H3,(H,16,17). The Morgan fingerprint density at radius 3 is 2.59 bits per heavy atom. The largest absolute Gasteiger partial charge is 0.287 e. The molecule has 0 aliphatic carbocycles. The summed E-state index contributed by atoms with van der Waals surface area (Å²) in [7, 11) is 0. The number of rotatable bonds is 8.